The van der Waals surface area contributed by atoms with Crippen molar-refractivity contribution in [2.75, 3.05) is 6.61 Å². The van der Waals surface area contributed by atoms with Crippen LogP contribution in [0.5, 0.6) is 0 Å². The maximum absolute atomic E-state index is 11.8. The second-order valence-corrected chi connectivity index (χ2v) is 4.19. The number of pyridine rings is 1. The zero-order valence-electron chi connectivity index (χ0n) is 8.44. The number of rotatable bonds is 4. The number of nitrogens with zero attached hydrogens (tertiary/aromatic N) is 1. The number of carbonyl (C=O) groups excluding carboxylic acids is 2. The van der Waals surface area contributed by atoms with E-state index < -0.39 is 16.1 Å². The van der Waals surface area contributed by atoms with Gasteiger partial charge in [-0.3, -0.25) is 9.78 Å². The summed E-state index contributed by atoms with van der Waals surface area (Å²) in [7, 11) is 0. The van der Waals surface area contributed by atoms with E-state index in [4.69, 9.17) is 23.2 Å². The van der Waals surface area contributed by atoms with Gasteiger partial charge < -0.3 is 4.74 Å². The number of alkyl halides is 2. The second-order valence-electron chi connectivity index (χ2n) is 2.87. The molecule has 0 atom stereocenters. The lowest BCUT2D eigenvalue weighted by atomic mass is 10.1. The van der Waals surface area contributed by atoms with Crippen LogP contribution in [0.3, 0.4) is 0 Å². The highest BCUT2D eigenvalue weighted by atomic mass is 35.5. The number of aromatic nitrogens is 1. The van der Waals surface area contributed by atoms with Gasteiger partial charge in [0.15, 0.2) is 0 Å². The van der Waals surface area contributed by atoms with Gasteiger partial charge in [-0.2, -0.15) is 0 Å². The van der Waals surface area contributed by atoms with Gasteiger partial charge in [0.2, 0.25) is 5.78 Å². The van der Waals surface area contributed by atoms with E-state index in [9.17, 15) is 9.59 Å². The monoisotopic (exact) mass is 261 g/mol. The van der Waals surface area contributed by atoms with Crippen molar-refractivity contribution in [3.8, 4) is 0 Å². The van der Waals surface area contributed by atoms with Crippen LogP contribution in [0.15, 0.2) is 24.5 Å². The minimum absolute atomic E-state index is 0.0976. The Morgan fingerprint density at radius 2 is 2.19 bits per heavy atom. The lowest BCUT2D eigenvalue weighted by Gasteiger charge is -2.15. The highest BCUT2D eigenvalue weighted by Crippen LogP contribution is 2.27. The summed E-state index contributed by atoms with van der Waals surface area (Å²) in [5, 5.41) is 0. The molecule has 0 aliphatic carbocycles. The van der Waals surface area contributed by atoms with Crippen LogP contribution in [-0.2, 0) is 9.53 Å². The highest BCUT2D eigenvalue weighted by Gasteiger charge is 2.44. The molecule has 6 heteroatoms. The first kappa shape index (κ1) is 12.9. The fraction of sp³-hybridized carbons (Fsp3) is 0.300. The molecule has 0 amide bonds. The summed E-state index contributed by atoms with van der Waals surface area (Å²) in [6, 6.07) is 3.01. The summed E-state index contributed by atoms with van der Waals surface area (Å²) in [6.07, 6.45) is 2.77. The van der Waals surface area contributed by atoms with Crippen molar-refractivity contribution in [1.82, 2.24) is 4.98 Å². The van der Waals surface area contributed by atoms with Gasteiger partial charge in [-0.1, -0.05) is 23.2 Å². The molecule has 1 rings (SSSR count). The molecule has 0 bridgehead atoms. The minimum atomic E-state index is -2.22. The Morgan fingerprint density at radius 1 is 1.50 bits per heavy atom. The van der Waals surface area contributed by atoms with Crippen LogP contribution >= 0.6 is 23.2 Å². The quantitative estimate of drug-likeness (QED) is 0.360. The Morgan fingerprint density at radius 3 is 2.69 bits per heavy atom. The van der Waals surface area contributed by atoms with E-state index in [1.54, 1.807) is 13.0 Å². The maximum atomic E-state index is 11.8. The molecule has 0 spiro atoms. The Balaban J connectivity index is 2.92. The number of halogens is 2. The van der Waals surface area contributed by atoms with Gasteiger partial charge in [0.05, 0.1) is 6.61 Å². The largest absolute Gasteiger partial charge is 0.463 e. The average Bonchev–Trinajstić information content (AvgIpc) is 2.29. The third-order valence-electron chi connectivity index (χ3n) is 1.74. The predicted molar refractivity (Wildman–Crippen MR) is 59.6 cm³/mol. The summed E-state index contributed by atoms with van der Waals surface area (Å²) in [5.41, 5.74) is 0.153. The first-order valence-electron chi connectivity index (χ1n) is 4.50. The van der Waals surface area contributed by atoms with Gasteiger partial charge in [0.25, 0.3) is 4.33 Å². The van der Waals surface area contributed by atoms with Crippen LogP contribution in [0.2, 0.25) is 0 Å². The zero-order valence-corrected chi connectivity index (χ0v) is 9.96. The Bertz CT molecular complexity index is 392. The first-order valence-corrected chi connectivity index (χ1v) is 5.25. The van der Waals surface area contributed by atoms with Crippen LogP contribution in [0, 0.1) is 0 Å². The number of esters is 1. The summed E-state index contributed by atoms with van der Waals surface area (Å²) in [6.45, 7) is 1.69. The van der Waals surface area contributed by atoms with Gasteiger partial charge in [-0.25, -0.2) is 4.79 Å². The average molecular weight is 262 g/mol. The van der Waals surface area contributed by atoms with E-state index in [1.165, 1.54) is 18.5 Å². The molecule has 1 aromatic rings. The molecule has 0 saturated carbocycles. The lowest BCUT2D eigenvalue weighted by molar-refractivity contribution is -0.142. The molecule has 0 fully saturated rings. The summed E-state index contributed by atoms with van der Waals surface area (Å²) >= 11 is 11.3. The first-order chi connectivity index (χ1) is 7.50. The molecule has 1 aromatic heterocycles. The number of carbonyl (C=O) groups is 2. The minimum Gasteiger partial charge on any atom is -0.463 e. The smallest absolute Gasteiger partial charge is 0.350 e. The maximum Gasteiger partial charge on any atom is 0.350 e. The molecule has 0 aromatic carbocycles. The van der Waals surface area contributed by atoms with Gasteiger partial charge in [0.1, 0.15) is 0 Å². The third-order valence-corrected chi connectivity index (χ3v) is 2.39. The van der Waals surface area contributed by atoms with Crippen molar-refractivity contribution in [2.45, 2.75) is 11.3 Å². The molecule has 0 radical (unpaired) electrons. The van der Waals surface area contributed by atoms with Gasteiger partial charge in [0, 0.05) is 18.0 Å². The van der Waals surface area contributed by atoms with Gasteiger partial charge in [-0.05, 0) is 19.1 Å². The third kappa shape index (κ3) is 2.71. The highest BCUT2D eigenvalue weighted by molar-refractivity contribution is 6.68. The normalized spacial score (nSPS) is 10.9. The van der Waals surface area contributed by atoms with Crippen molar-refractivity contribution in [1.29, 1.82) is 0 Å². The molecular formula is C10H9Cl2NO3. The van der Waals surface area contributed by atoms with Crippen molar-refractivity contribution < 1.29 is 14.3 Å². The van der Waals surface area contributed by atoms with Crippen molar-refractivity contribution >= 4 is 35.0 Å². The number of ether oxygens (including phenoxy) is 1. The standard InChI is InChI=1S/C10H9Cl2NO3/c1-2-16-9(15)10(11,12)8(14)7-4-3-5-13-6-7/h3-6H,2H2,1H3. The molecule has 0 aliphatic heterocycles. The number of hydrogen-bond acceptors (Lipinski definition) is 4. The van der Waals surface area contributed by atoms with E-state index in [1.807, 2.05) is 0 Å². The van der Waals surface area contributed by atoms with Crippen LogP contribution in [0.1, 0.15) is 17.3 Å². The molecule has 4 nitrogen and oxygen atoms in total. The van der Waals surface area contributed by atoms with Gasteiger partial charge in [-0.15, -0.1) is 0 Å². The van der Waals surface area contributed by atoms with E-state index >= 15 is 0 Å². The van der Waals surface area contributed by atoms with Crippen LogP contribution in [-0.4, -0.2) is 27.7 Å². The van der Waals surface area contributed by atoms with Crippen molar-refractivity contribution in [3.63, 3.8) is 0 Å². The summed E-state index contributed by atoms with van der Waals surface area (Å²) in [5.74, 6) is -1.73. The molecule has 0 unspecified atom stereocenters. The van der Waals surface area contributed by atoms with Gasteiger partial charge >= 0.3 is 5.97 Å². The fourth-order valence-electron chi connectivity index (χ4n) is 0.993. The molecule has 0 N–H and O–H groups in total. The second kappa shape index (κ2) is 5.27. The molecule has 0 saturated heterocycles. The Kier molecular flexibility index (Phi) is 4.26. The van der Waals surface area contributed by atoms with Crippen LogP contribution in [0.4, 0.5) is 0 Å². The summed E-state index contributed by atoms with van der Waals surface area (Å²) in [4.78, 5) is 26.9. The topological polar surface area (TPSA) is 56.3 Å². The number of Topliss-reactive ketones (excluding diaryl/α,β-unsaturated/α-hetero) is 1. The lowest BCUT2D eigenvalue weighted by Crippen LogP contribution is -2.37. The zero-order chi connectivity index (χ0) is 12.2. The Labute approximate surface area is 103 Å². The van der Waals surface area contributed by atoms with E-state index in [2.05, 4.69) is 9.72 Å². The Hall–Kier alpha value is -1.13. The molecule has 0 aliphatic rings. The molecule has 1 heterocycles. The van der Waals surface area contributed by atoms with E-state index in [0.29, 0.717) is 0 Å². The number of hydrogen-bond donors (Lipinski definition) is 0. The predicted octanol–water partition coefficient (Wildman–Crippen LogP) is 2.00. The summed E-state index contributed by atoms with van der Waals surface area (Å²) < 4.78 is 2.38. The molecule has 86 valence electrons. The number of ketones is 1. The van der Waals surface area contributed by atoms with Crippen molar-refractivity contribution in [3.05, 3.63) is 30.1 Å². The van der Waals surface area contributed by atoms with Crippen LogP contribution < -0.4 is 0 Å². The SMILES string of the molecule is CCOC(=O)C(Cl)(Cl)C(=O)c1cccnc1. The van der Waals surface area contributed by atoms with E-state index in [-0.39, 0.29) is 12.2 Å². The molecule has 16 heavy (non-hydrogen) atoms. The molecular weight excluding hydrogens is 253 g/mol. The fourth-order valence-corrected chi connectivity index (χ4v) is 1.32. The van der Waals surface area contributed by atoms with Crippen LogP contribution in [0.25, 0.3) is 0 Å². The van der Waals surface area contributed by atoms with Crippen molar-refractivity contribution in [2.24, 2.45) is 0 Å². The van der Waals surface area contributed by atoms with E-state index in [0.717, 1.165) is 0 Å².